The molecule has 1 aliphatic heterocycles. The molecule has 0 atom stereocenters. The molecule has 1 aromatic rings. The Hall–Kier alpha value is -1.44. The third kappa shape index (κ3) is 1.28. The van der Waals surface area contributed by atoms with Crippen molar-refractivity contribution in [2.75, 3.05) is 0 Å². The average Bonchev–Trinajstić information content (AvgIpc) is 2.25. The quantitative estimate of drug-likeness (QED) is 0.569. The maximum absolute atomic E-state index is 4.30. The van der Waals surface area contributed by atoms with E-state index in [0.29, 0.717) is 0 Å². The van der Waals surface area contributed by atoms with Gasteiger partial charge >= 0.3 is 0 Å². The molecule has 0 aromatic carbocycles. The van der Waals surface area contributed by atoms with Gasteiger partial charge in [-0.3, -0.25) is 9.98 Å². The molecule has 0 saturated heterocycles. The van der Waals surface area contributed by atoms with E-state index in [9.17, 15) is 0 Å². The highest BCUT2D eigenvalue weighted by atomic mass is 14.8. The number of hydrogen-bond acceptors (Lipinski definition) is 2. The molecule has 2 heterocycles. The summed E-state index contributed by atoms with van der Waals surface area (Å²) in [7, 11) is 0. The fraction of sp³-hybridized carbons (Fsp3) is 0.200. The van der Waals surface area contributed by atoms with Crippen LogP contribution < -0.4 is 0 Å². The van der Waals surface area contributed by atoms with Gasteiger partial charge in [0.05, 0.1) is 11.4 Å². The Kier molecular flexibility index (Phi) is 1.74. The van der Waals surface area contributed by atoms with Crippen molar-refractivity contribution in [1.29, 1.82) is 0 Å². The monoisotopic (exact) mass is 158 g/mol. The second kappa shape index (κ2) is 2.89. The van der Waals surface area contributed by atoms with Crippen molar-refractivity contribution in [2.45, 2.75) is 13.3 Å². The van der Waals surface area contributed by atoms with E-state index in [1.165, 1.54) is 5.57 Å². The second-order valence-corrected chi connectivity index (χ2v) is 2.91. The van der Waals surface area contributed by atoms with Crippen molar-refractivity contribution in [3.8, 4) is 0 Å². The zero-order valence-electron chi connectivity index (χ0n) is 6.99. The van der Waals surface area contributed by atoms with Gasteiger partial charge in [0.15, 0.2) is 0 Å². The van der Waals surface area contributed by atoms with Crippen LogP contribution in [0.2, 0.25) is 0 Å². The van der Waals surface area contributed by atoms with E-state index in [0.717, 1.165) is 17.8 Å². The molecule has 2 rings (SSSR count). The molecule has 0 saturated carbocycles. The van der Waals surface area contributed by atoms with Gasteiger partial charge in [-0.2, -0.15) is 0 Å². The summed E-state index contributed by atoms with van der Waals surface area (Å²) in [5.41, 5.74) is 3.24. The first-order valence-corrected chi connectivity index (χ1v) is 4.01. The number of pyridine rings is 1. The lowest BCUT2D eigenvalue weighted by Gasteiger charge is -1.95. The first-order chi connectivity index (χ1) is 5.86. The van der Waals surface area contributed by atoms with E-state index in [-0.39, 0.29) is 0 Å². The molecule has 0 unspecified atom stereocenters. The summed E-state index contributed by atoms with van der Waals surface area (Å²) >= 11 is 0. The molecular formula is C10H10N2. The highest BCUT2D eigenvalue weighted by Crippen LogP contribution is 2.21. The minimum Gasteiger partial charge on any atom is -0.259 e. The fourth-order valence-electron chi connectivity index (χ4n) is 1.21. The van der Waals surface area contributed by atoms with E-state index in [4.69, 9.17) is 0 Å². The first kappa shape index (κ1) is 7.22. The Morgan fingerprint density at radius 2 is 2.33 bits per heavy atom. The molecule has 1 aromatic heterocycles. The predicted octanol–water partition coefficient (Wildman–Crippen LogP) is 2.59. The third-order valence-corrected chi connectivity index (χ3v) is 1.84. The fourth-order valence-corrected chi connectivity index (χ4v) is 1.21. The summed E-state index contributed by atoms with van der Waals surface area (Å²) < 4.78 is 0. The Bertz CT molecular complexity index is 351. The number of rotatable bonds is 0. The SMILES string of the molecule is CC1=Cc2ncccc2N=CC1. The molecule has 0 N–H and O–H groups in total. The van der Waals surface area contributed by atoms with Crippen molar-refractivity contribution in [2.24, 2.45) is 4.99 Å². The molecular weight excluding hydrogens is 148 g/mol. The summed E-state index contributed by atoms with van der Waals surface area (Å²) in [5, 5.41) is 0. The minimum absolute atomic E-state index is 0.927. The number of fused-ring (bicyclic) bond motifs is 1. The topological polar surface area (TPSA) is 25.2 Å². The lowest BCUT2D eigenvalue weighted by atomic mass is 10.2. The van der Waals surface area contributed by atoms with Gasteiger partial charge in [-0.1, -0.05) is 5.57 Å². The summed E-state index contributed by atoms with van der Waals surface area (Å²) in [5.74, 6) is 0. The van der Waals surface area contributed by atoms with E-state index in [1.54, 1.807) is 6.20 Å². The van der Waals surface area contributed by atoms with E-state index in [1.807, 2.05) is 18.3 Å². The van der Waals surface area contributed by atoms with Gasteiger partial charge in [0.1, 0.15) is 0 Å². The molecule has 0 bridgehead atoms. The zero-order valence-corrected chi connectivity index (χ0v) is 6.99. The molecule has 1 aliphatic rings. The lowest BCUT2D eigenvalue weighted by molar-refractivity contribution is 1.27. The standard InChI is InChI=1S/C10H10N2/c1-8-4-6-12-9-3-2-5-11-10(9)7-8/h2-3,5-7H,4H2,1H3. The van der Waals surface area contributed by atoms with Crippen molar-refractivity contribution in [3.63, 3.8) is 0 Å². The van der Waals surface area contributed by atoms with Gasteiger partial charge in [0, 0.05) is 18.8 Å². The average molecular weight is 158 g/mol. The maximum atomic E-state index is 4.30. The molecule has 12 heavy (non-hydrogen) atoms. The minimum atomic E-state index is 0.927. The summed E-state index contributed by atoms with van der Waals surface area (Å²) in [6.07, 6.45) is 6.74. The maximum Gasteiger partial charge on any atom is 0.0885 e. The molecule has 0 aliphatic carbocycles. The van der Waals surface area contributed by atoms with Crippen LogP contribution in [0.1, 0.15) is 19.0 Å². The first-order valence-electron chi connectivity index (χ1n) is 4.01. The van der Waals surface area contributed by atoms with Crippen LogP contribution in [0.5, 0.6) is 0 Å². The summed E-state index contributed by atoms with van der Waals surface area (Å²) in [4.78, 5) is 8.54. The highest BCUT2D eigenvalue weighted by molar-refractivity contribution is 5.75. The normalized spacial score (nSPS) is 14.9. The van der Waals surface area contributed by atoms with E-state index < -0.39 is 0 Å². The van der Waals surface area contributed by atoms with Crippen LogP contribution in [0.25, 0.3) is 6.08 Å². The summed E-state index contributed by atoms with van der Waals surface area (Å²) in [6.45, 7) is 2.09. The zero-order chi connectivity index (χ0) is 8.39. The van der Waals surface area contributed by atoms with Gasteiger partial charge < -0.3 is 0 Å². The van der Waals surface area contributed by atoms with Crippen LogP contribution in [0.3, 0.4) is 0 Å². The molecule has 0 spiro atoms. The van der Waals surface area contributed by atoms with Crippen LogP contribution in [0, 0.1) is 0 Å². The highest BCUT2D eigenvalue weighted by Gasteiger charge is 2.01. The Balaban J connectivity index is 2.58. The summed E-state index contributed by atoms with van der Waals surface area (Å²) in [6, 6.07) is 3.89. The van der Waals surface area contributed by atoms with Crippen LogP contribution in [-0.4, -0.2) is 11.2 Å². The Morgan fingerprint density at radius 1 is 1.42 bits per heavy atom. The van der Waals surface area contributed by atoms with Gasteiger partial charge in [0.2, 0.25) is 0 Å². The van der Waals surface area contributed by atoms with Crippen molar-refractivity contribution >= 4 is 18.0 Å². The molecule has 0 amide bonds. The van der Waals surface area contributed by atoms with E-state index >= 15 is 0 Å². The van der Waals surface area contributed by atoms with Crippen molar-refractivity contribution < 1.29 is 0 Å². The Labute approximate surface area is 71.7 Å². The number of aromatic nitrogens is 1. The lowest BCUT2D eigenvalue weighted by Crippen LogP contribution is -1.79. The number of hydrogen-bond donors (Lipinski definition) is 0. The molecule has 0 radical (unpaired) electrons. The largest absolute Gasteiger partial charge is 0.259 e. The van der Waals surface area contributed by atoms with Gasteiger partial charge in [-0.05, 0) is 25.1 Å². The van der Waals surface area contributed by atoms with Gasteiger partial charge in [0.25, 0.3) is 0 Å². The van der Waals surface area contributed by atoms with E-state index in [2.05, 4.69) is 23.0 Å². The third-order valence-electron chi connectivity index (χ3n) is 1.84. The number of nitrogens with zero attached hydrogens (tertiary/aromatic N) is 2. The molecule has 0 fully saturated rings. The molecule has 60 valence electrons. The smallest absolute Gasteiger partial charge is 0.0885 e. The molecule has 2 nitrogen and oxygen atoms in total. The second-order valence-electron chi connectivity index (χ2n) is 2.91. The number of allylic oxidation sites excluding steroid dienone is 1. The van der Waals surface area contributed by atoms with Gasteiger partial charge in [-0.25, -0.2) is 0 Å². The van der Waals surface area contributed by atoms with Gasteiger partial charge in [-0.15, -0.1) is 0 Å². The number of aliphatic imine (C=N–C) groups is 1. The molecule has 2 heteroatoms. The van der Waals surface area contributed by atoms with Crippen molar-refractivity contribution in [3.05, 3.63) is 29.6 Å². The van der Waals surface area contributed by atoms with Crippen LogP contribution in [0.15, 0.2) is 28.9 Å². The van der Waals surface area contributed by atoms with Crippen LogP contribution in [0.4, 0.5) is 5.69 Å². The Morgan fingerprint density at radius 3 is 3.25 bits per heavy atom. The van der Waals surface area contributed by atoms with Crippen LogP contribution >= 0.6 is 0 Å². The van der Waals surface area contributed by atoms with Crippen molar-refractivity contribution in [1.82, 2.24) is 4.98 Å². The predicted molar refractivity (Wildman–Crippen MR) is 50.7 cm³/mol. The van der Waals surface area contributed by atoms with Crippen LogP contribution in [-0.2, 0) is 0 Å².